The van der Waals surface area contributed by atoms with Gasteiger partial charge in [-0.15, -0.1) is 0 Å². The molecule has 0 aliphatic rings. The van der Waals surface area contributed by atoms with Crippen molar-refractivity contribution in [2.75, 3.05) is 16.8 Å². The van der Waals surface area contributed by atoms with Gasteiger partial charge in [-0.25, -0.2) is 13.2 Å². The van der Waals surface area contributed by atoms with Crippen LogP contribution in [0.5, 0.6) is 0 Å². The molecule has 1 N–H and O–H groups in total. The van der Waals surface area contributed by atoms with Crippen LogP contribution in [0.4, 0.5) is 24.5 Å². The van der Waals surface area contributed by atoms with Crippen LogP contribution in [-0.2, 0) is 9.59 Å². The van der Waals surface area contributed by atoms with E-state index in [1.54, 1.807) is 6.07 Å². The molecule has 24 heavy (non-hydrogen) atoms. The maximum atomic E-state index is 13.8. The molecule has 0 aliphatic heterocycles. The van der Waals surface area contributed by atoms with Gasteiger partial charge in [0, 0.05) is 19.9 Å². The van der Waals surface area contributed by atoms with Crippen molar-refractivity contribution in [3.05, 3.63) is 59.9 Å². The van der Waals surface area contributed by atoms with Crippen molar-refractivity contribution in [1.29, 1.82) is 0 Å². The fourth-order valence-electron chi connectivity index (χ4n) is 2.15. The molecule has 0 radical (unpaired) electrons. The number of hydrogen-bond acceptors (Lipinski definition) is 2. The summed E-state index contributed by atoms with van der Waals surface area (Å²) >= 11 is 0. The highest BCUT2D eigenvalue weighted by Gasteiger charge is 2.18. The molecule has 7 heteroatoms. The third-order valence-corrected chi connectivity index (χ3v) is 3.31. The van der Waals surface area contributed by atoms with Gasteiger partial charge >= 0.3 is 0 Å². The Hall–Kier alpha value is -2.83. The van der Waals surface area contributed by atoms with Crippen LogP contribution in [-0.4, -0.2) is 18.4 Å². The Labute approximate surface area is 136 Å². The van der Waals surface area contributed by atoms with Gasteiger partial charge in [0.2, 0.25) is 11.8 Å². The largest absolute Gasteiger partial charge is 0.321 e. The van der Waals surface area contributed by atoms with Crippen molar-refractivity contribution in [2.24, 2.45) is 0 Å². The molecular weight excluding hydrogens is 321 g/mol. The molecule has 2 amide bonds. The number of carbonyl (C=O) groups is 2. The molecule has 0 fully saturated rings. The van der Waals surface area contributed by atoms with Gasteiger partial charge in [0.05, 0.1) is 5.69 Å². The number of nitrogens with one attached hydrogen (secondary N) is 1. The lowest BCUT2D eigenvalue weighted by Crippen LogP contribution is -2.32. The monoisotopic (exact) mass is 336 g/mol. The first kappa shape index (κ1) is 17.5. The normalized spacial score (nSPS) is 10.3. The molecular formula is C17H15F3N2O2. The lowest BCUT2D eigenvalue weighted by atomic mass is 10.2. The summed E-state index contributed by atoms with van der Waals surface area (Å²) in [6, 6.07) is 8.84. The molecule has 0 heterocycles. The number of anilines is 2. The number of carbonyl (C=O) groups excluding carboxylic acids is 2. The van der Waals surface area contributed by atoms with Gasteiger partial charge in [-0.2, -0.15) is 0 Å². The zero-order chi connectivity index (χ0) is 17.7. The maximum Gasteiger partial charge on any atom is 0.226 e. The van der Waals surface area contributed by atoms with Crippen molar-refractivity contribution in [3.63, 3.8) is 0 Å². The molecule has 0 aromatic heterocycles. The first-order chi connectivity index (χ1) is 11.4. The summed E-state index contributed by atoms with van der Waals surface area (Å²) in [5, 5.41) is 2.12. The van der Waals surface area contributed by atoms with E-state index in [4.69, 9.17) is 0 Å². The van der Waals surface area contributed by atoms with Crippen LogP contribution in [0, 0.1) is 17.5 Å². The van der Waals surface area contributed by atoms with Crippen molar-refractivity contribution in [2.45, 2.75) is 13.3 Å². The molecule has 126 valence electrons. The number of nitrogens with zero attached hydrogens (tertiary/aromatic N) is 1. The van der Waals surface area contributed by atoms with E-state index in [9.17, 15) is 22.8 Å². The summed E-state index contributed by atoms with van der Waals surface area (Å²) in [5.41, 5.74) is -0.516. The second-order valence-electron chi connectivity index (χ2n) is 5.02. The number of para-hydroxylation sites is 2. The van der Waals surface area contributed by atoms with Crippen LogP contribution in [0.15, 0.2) is 42.5 Å². The van der Waals surface area contributed by atoms with E-state index in [0.717, 1.165) is 17.0 Å². The molecule has 2 rings (SSSR count). The Bertz CT molecular complexity index is 745. The first-order valence-electron chi connectivity index (χ1n) is 7.16. The van der Waals surface area contributed by atoms with Crippen molar-refractivity contribution < 1.29 is 22.8 Å². The molecule has 2 aromatic rings. The lowest BCUT2D eigenvalue weighted by Gasteiger charge is -2.21. The number of halogens is 3. The minimum absolute atomic E-state index is 0.0369. The van der Waals surface area contributed by atoms with E-state index >= 15 is 0 Å². The van der Waals surface area contributed by atoms with E-state index in [1.165, 1.54) is 31.2 Å². The fraction of sp³-hybridized carbons (Fsp3) is 0.176. The van der Waals surface area contributed by atoms with Gasteiger partial charge < -0.3 is 10.2 Å². The standard InChI is InChI=1S/C17H15F3N2O2/c1-11(23)22(15-8-3-2-5-12(15)18)10-9-16(24)21-17-13(19)6-4-7-14(17)20/h2-8H,9-10H2,1H3,(H,21,24). The Balaban J connectivity index is 2.06. The quantitative estimate of drug-likeness (QED) is 0.909. The number of rotatable bonds is 5. The van der Waals surface area contributed by atoms with E-state index in [-0.39, 0.29) is 18.7 Å². The Kier molecular flexibility index (Phi) is 5.57. The zero-order valence-electron chi connectivity index (χ0n) is 12.9. The second-order valence-corrected chi connectivity index (χ2v) is 5.02. The first-order valence-corrected chi connectivity index (χ1v) is 7.16. The minimum atomic E-state index is -0.902. The van der Waals surface area contributed by atoms with Gasteiger partial charge in [-0.05, 0) is 24.3 Å². The van der Waals surface area contributed by atoms with Crippen molar-refractivity contribution in [1.82, 2.24) is 0 Å². The summed E-state index contributed by atoms with van der Waals surface area (Å²) in [4.78, 5) is 24.7. The smallest absolute Gasteiger partial charge is 0.226 e. The third-order valence-electron chi connectivity index (χ3n) is 3.31. The van der Waals surface area contributed by atoms with Gasteiger partial charge in [0.1, 0.15) is 23.1 Å². The minimum Gasteiger partial charge on any atom is -0.321 e. The lowest BCUT2D eigenvalue weighted by molar-refractivity contribution is -0.117. The second kappa shape index (κ2) is 7.63. The van der Waals surface area contributed by atoms with Crippen LogP contribution in [0.3, 0.4) is 0 Å². The Morgan fingerprint density at radius 2 is 1.54 bits per heavy atom. The zero-order valence-corrected chi connectivity index (χ0v) is 12.9. The van der Waals surface area contributed by atoms with Crippen LogP contribution < -0.4 is 10.2 Å². The van der Waals surface area contributed by atoms with Crippen LogP contribution in [0.2, 0.25) is 0 Å². The van der Waals surface area contributed by atoms with Crippen molar-refractivity contribution >= 4 is 23.2 Å². The number of amides is 2. The van der Waals surface area contributed by atoms with Gasteiger partial charge in [0.15, 0.2) is 0 Å². The molecule has 0 saturated carbocycles. The SMILES string of the molecule is CC(=O)N(CCC(=O)Nc1c(F)cccc1F)c1ccccc1F. The Morgan fingerprint density at radius 3 is 2.12 bits per heavy atom. The van der Waals surface area contributed by atoms with Gasteiger partial charge in [-0.3, -0.25) is 9.59 Å². The van der Waals surface area contributed by atoms with Gasteiger partial charge in [0.25, 0.3) is 0 Å². The summed E-state index contributed by atoms with van der Waals surface area (Å²) in [6.45, 7) is 1.11. The molecule has 4 nitrogen and oxygen atoms in total. The van der Waals surface area contributed by atoms with E-state index < -0.39 is 35.0 Å². The molecule has 0 saturated heterocycles. The summed E-state index contributed by atoms with van der Waals surface area (Å²) in [5.74, 6) is -3.55. The predicted molar refractivity (Wildman–Crippen MR) is 84.0 cm³/mol. The molecule has 0 aliphatic carbocycles. The van der Waals surface area contributed by atoms with Gasteiger partial charge in [-0.1, -0.05) is 18.2 Å². The summed E-state index contributed by atoms with van der Waals surface area (Å²) in [6.07, 6.45) is -0.248. The Morgan fingerprint density at radius 1 is 0.958 bits per heavy atom. The maximum absolute atomic E-state index is 13.8. The average molecular weight is 336 g/mol. The topological polar surface area (TPSA) is 49.4 Å². The molecule has 0 bridgehead atoms. The highest BCUT2D eigenvalue weighted by Crippen LogP contribution is 2.20. The van der Waals surface area contributed by atoms with Crippen LogP contribution in [0.1, 0.15) is 13.3 Å². The van der Waals surface area contributed by atoms with Crippen LogP contribution in [0.25, 0.3) is 0 Å². The van der Waals surface area contributed by atoms with E-state index in [0.29, 0.717) is 0 Å². The number of benzene rings is 2. The number of hydrogen-bond donors (Lipinski definition) is 1. The summed E-state index contributed by atoms with van der Waals surface area (Å²) in [7, 11) is 0. The molecule has 0 spiro atoms. The van der Waals surface area contributed by atoms with Crippen LogP contribution >= 0.6 is 0 Å². The van der Waals surface area contributed by atoms with E-state index in [2.05, 4.69) is 5.32 Å². The highest BCUT2D eigenvalue weighted by atomic mass is 19.1. The molecule has 0 atom stereocenters. The summed E-state index contributed by atoms with van der Waals surface area (Å²) < 4.78 is 40.8. The third kappa shape index (κ3) is 4.13. The fourth-order valence-corrected chi connectivity index (χ4v) is 2.15. The molecule has 0 unspecified atom stereocenters. The predicted octanol–water partition coefficient (Wildman–Crippen LogP) is 3.49. The van der Waals surface area contributed by atoms with E-state index in [1.807, 2.05) is 0 Å². The van der Waals surface area contributed by atoms with Crippen molar-refractivity contribution in [3.8, 4) is 0 Å². The molecule has 2 aromatic carbocycles. The average Bonchev–Trinajstić information content (AvgIpc) is 2.52. The highest BCUT2D eigenvalue weighted by molar-refractivity contribution is 5.95.